The molecule has 1 N–H and O–H groups in total. The molecule has 1 amide bonds. The zero-order chi connectivity index (χ0) is 24.8. The van der Waals surface area contributed by atoms with Crippen molar-refractivity contribution in [2.45, 2.75) is 71.5 Å². The van der Waals surface area contributed by atoms with Crippen LogP contribution in [0.2, 0.25) is 0 Å². The lowest BCUT2D eigenvalue weighted by Crippen LogP contribution is -2.45. The van der Waals surface area contributed by atoms with E-state index in [1.165, 1.54) is 6.21 Å². The molecule has 33 heavy (non-hydrogen) atoms. The minimum Gasteiger partial charge on any atom is -0.443 e. The number of hydrogen-bond acceptors (Lipinski definition) is 7. The maximum Gasteiger partial charge on any atom is 0.522 e. The molecular formula is C20H25F3N4O5S. The van der Waals surface area contributed by atoms with Gasteiger partial charge in [0.15, 0.2) is 0 Å². The molecule has 1 aliphatic carbocycles. The Labute approximate surface area is 190 Å². The summed E-state index contributed by atoms with van der Waals surface area (Å²) in [6.45, 7) is 7.31. The van der Waals surface area contributed by atoms with Crippen molar-refractivity contribution < 1.29 is 27.4 Å². The van der Waals surface area contributed by atoms with Crippen molar-refractivity contribution in [3.63, 3.8) is 0 Å². The largest absolute Gasteiger partial charge is 0.522 e. The molecule has 13 heteroatoms. The van der Waals surface area contributed by atoms with E-state index < -0.39 is 48.0 Å². The number of aromatic nitrogens is 2. The van der Waals surface area contributed by atoms with Crippen molar-refractivity contribution in [2.24, 2.45) is 5.10 Å². The number of ether oxygens (including phenoxy) is 2. The van der Waals surface area contributed by atoms with Gasteiger partial charge in [0, 0.05) is 0 Å². The maximum atomic E-state index is 13.2. The molecule has 2 aromatic heterocycles. The fourth-order valence-corrected chi connectivity index (χ4v) is 4.45. The Hall–Kier alpha value is -2.67. The fraction of sp³-hybridized carbons (Fsp3) is 0.600. The number of carbonyl (C=O) groups is 1. The van der Waals surface area contributed by atoms with Gasteiger partial charge < -0.3 is 4.74 Å². The van der Waals surface area contributed by atoms with Gasteiger partial charge in [-0.3, -0.25) is 18.7 Å². The molecule has 0 bridgehead atoms. The molecule has 0 spiro atoms. The summed E-state index contributed by atoms with van der Waals surface area (Å²) < 4.78 is 48.6. The van der Waals surface area contributed by atoms with Crippen LogP contribution in [0.25, 0.3) is 10.2 Å². The minimum atomic E-state index is -4.84. The van der Waals surface area contributed by atoms with Gasteiger partial charge in [0.05, 0.1) is 35.2 Å². The third-order valence-electron chi connectivity index (χ3n) is 5.08. The molecule has 9 nitrogen and oxygen atoms in total. The Morgan fingerprint density at radius 3 is 2.45 bits per heavy atom. The van der Waals surface area contributed by atoms with E-state index in [0.29, 0.717) is 23.3 Å². The topological polar surface area (TPSA) is 104 Å². The summed E-state index contributed by atoms with van der Waals surface area (Å²) in [5, 5.41) is 4.05. The van der Waals surface area contributed by atoms with Gasteiger partial charge in [0.25, 0.3) is 5.56 Å². The highest BCUT2D eigenvalue weighted by atomic mass is 32.1. The van der Waals surface area contributed by atoms with Crippen molar-refractivity contribution in [1.29, 1.82) is 0 Å². The average Bonchev–Trinajstić information content (AvgIpc) is 3.29. The summed E-state index contributed by atoms with van der Waals surface area (Å²) in [4.78, 5) is 38.7. The standard InChI is InChI=1S/C20H25F3N4O5S/c1-11-12(10-24-25-16(29)32-18(2,3)4)33-15-13(11)14(28)27(19(5)6-7-19)17(30)26(15)8-9-31-20(21,22)23/h10H,6-9H2,1-5H3,(H,25,29). The van der Waals surface area contributed by atoms with Gasteiger partial charge in [-0.1, -0.05) is 0 Å². The van der Waals surface area contributed by atoms with Gasteiger partial charge in [-0.15, -0.1) is 24.5 Å². The smallest absolute Gasteiger partial charge is 0.443 e. The number of halogens is 3. The Morgan fingerprint density at radius 2 is 1.91 bits per heavy atom. The maximum absolute atomic E-state index is 13.2. The molecule has 2 aromatic rings. The highest BCUT2D eigenvalue weighted by molar-refractivity contribution is 7.20. The number of nitrogens with one attached hydrogen (secondary N) is 1. The number of hydrogen-bond donors (Lipinski definition) is 1. The number of fused-ring (bicyclic) bond motifs is 1. The number of hydrazone groups is 1. The first-order chi connectivity index (χ1) is 15.1. The number of aryl methyl sites for hydroxylation is 1. The van der Waals surface area contributed by atoms with E-state index in [-0.39, 0.29) is 10.2 Å². The minimum absolute atomic E-state index is 0.215. The summed E-state index contributed by atoms with van der Waals surface area (Å²) >= 11 is 1.01. The van der Waals surface area contributed by atoms with Crippen LogP contribution in [0.5, 0.6) is 0 Å². The lowest BCUT2D eigenvalue weighted by atomic mass is 10.2. The van der Waals surface area contributed by atoms with Gasteiger partial charge in [0.1, 0.15) is 10.4 Å². The Balaban J connectivity index is 2.02. The first-order valence-electron chi connectivity index (χ1n) is 10.2. The Bertz CT molecular complexity index is 1220. The molecule has 2 heterocycles. The van der Waals surface area contributed by atoms with Crippen LogP contribution >= 0.6 is 11.3 Å². The van der Waals surface area contributed by atoms with Crippen molar-refractivity contribution in [3.05, 3.63) is 31.3 Å². The number of nitrogens with zero attached hydrogens (tertiary/aromatic N) is 3. The number of carbonyl (C=O) groups excluding carboxylic acids is 1. The van der Waals surface area contributed by atoms with Crippen LogP contribution in [0.3, 0.4) is 0 Å². The molecule has 0 saturated heterocycles. The van der Waals surface area contributed by atoms with Crippen LogP contribution in [-0.4, -0.2) is 40.0 Å². The van der Waals surface area contributed by atoms with Crippen LogP contribution < -0.4 is 16.7 Å². The van der Waals surface area contributed by atoms with Gasteiger partial charge in [-0.25, -0.2) is 15.0 Å². The molecule has 3 rings (SSSR count). The summed E-state index contributed by atoms with van der Waals surface area (Å²) in [7, 11) is 0. The monoisotopic (exact) mass is 490 g/mol. The second kappa shape index (κ2) is 8.60. The third kappa shape index (κ3) is 5.64. The molecular weight excluding hydrogens is 465 g/mol. The van der Waals surface area contributed by atoms with Gasteiger partial charge in [-0.05, 0) is 53.0 Å². The second-order valence-corrected chi connectivity index (χ2v) is 10.0. The average molecular weight is 491 g/mol. The predicted octanol–water partition coefficient (Wildman–Crippen LogP) is 3.44. The number of amides is 1. The van der Waals surface area contributed by atoms with Crippen molar-refractivity contribution >= 4 is 33.9 Å². The summed E-state index contributed by atoms with van der Waals surface area (Å²) in [6, 6.07) is 0. The quantitative estimate of drug-likeness (QED) is 0.494. The van der Waals surface area contributed by atoms with E-state index in [9.17, 15) is 27.6 Å². The lowest BCUT2D eigenvalue weighted by Gasteiger charge is -2.18. The SMILES string of the molecule is Cc1c(C=NNC(=O)OC(C)(C)C)sc2c1c(=O)n(C1(C)CC1)c(=O)n2CCOC(F)(F)F. The summed E-state index contributed by atoms with van der Waals surface area (Å²) in [5.74, 6) is 0. The number of alkyl halides is 3. The zero-order valence-electron chi connectivity index (χ0n) is 18.8. The Kier molecular flexibility index (Phi) is 6.50. The predicted molar refractivity (Wildman–Crippen MR) is 117 cm³/mol. The highest BCUT2D eigenvalue weighted by Gasteiger charge is 2.43. The molecule has 0 unspecified atom stereocenters. The van der Waals surface area contributed by atoms with Gasteiger partial charge in [0.2, 0.25) is 0 Å². The van der Waals surface area contributed by atoms with Crippen LogP contribution in [0.1, 0.15) is 51.0 Å². The number of thiophene rings is 1. The van der Waals surface area contributed by atoms with Crippen LogP contribution in [-0.2, 0) is 21.6 Å². The summed E-state index contributed by atoms with van der Waals surface area (Å²) in [6.07, 6.45) is -3.08. The van der Waals surface area contributed by atoms with E-state index in [0.717, 1.165) is 20.5 Å². The van der Waals surface area contributed by atoms with Crippen LogP contribution in [0.15, 0.2) is 14.7 Å². The first kappa shape index (κ1) is 25.0. The van der Waals surface area contributed by atoms with Crippen LogP contribution in [0, 0.1) is 6.92 Å². The van der Waals surface area contributed by atoms with Crippen LogP contribution in [0.4, 0.5) is 18.0 Å². The number of rotatable bonds is 6. The molecule has 0 atom stereocenters. The third-order valence-corrected chi connectivity index (χ3v) is 6.33. The molecule has 182 valence electrons. The zero-order valence-corrected chi connectivity index (χ0v) is 19.6. The molecule has 0 aliphatic heterocycles. The molecule has 1 fully saturated rings. The molecule has 0 aromatic carbocycles. The molecule has 0 radical (unpaired) electrons. The Morgan fingerprint density at radius 1 is 1.27 bits per heavy atom. The van der Waals surface area contributed by atoms with E-state index >= 15 is 0 Å². The fourth-order valence-electron chi connectivity index (χ4n) is 3.26. The van der Waals surface area contributed by atoms with E-state index in [2.05, 4.69) is 15.3 Å². The van der Waals surface area contributed by atoms with Crippen molar-refractivity contribution in [1.82, 2.24) is 14.6 Å². The first-order valence-corrected chi connectivity index (χ1v) is 11.0. The molecule has 1 saturated carbocycles. The second-order valence-electron chi connectivity index (χ2n) is 9.01. The highest BCUT2D eigenvalue weighted by Crippen LogP contribution is 2.41. The van der Waals surface area contributed by atoms with Crippen molar-refractivity contribution in [2.75, 3.05) is 6.61 Å². The lowest BCUT2D eigenvalue weighted by molar-refractivity contribution is -0.325. The van der Waals surface area contributed by atoms with Gasteiger partial charge in [-0.2, -0.15) is 5.10 Å². The normalized spacial score (nSPS) is 15.9. The van der Waals surface area contributed by atoms with Crippen molar-refractivity contribution in [3.8, 4) is 0 Å². The van der Waals surface area contributed by atoms with Gasteiger partial charge >= 0.3 is 18.1 Å². The molecule has 1 aliphatic rings. The van der Waals surface area contributed by atoms with E-state index in [1.807, 2.05) is 0 Å². The van der Waals surface area contributed by atoms with E-state index in [1.54, 1.807) is 34.6 Å². The van der Waals surface area contributed by atoms with E-state index in [4.69, 9.17) is 4.74 Å². The summed E-state index contributed by atoms with van der Waals surface area (Å²) in [5.41, 5.74) is 0.137.